The highest BCUT2D eigenvalue weighted by Crippen LogP contribution is 2.13. The lowest BCUT2D eigenvalue weighted by atomic mass is 10.2. The van der Waals surface area contributed by atoms with Gasteiger partial charge in [0.2, 0.25) is 0 Å². The summed E-state index contributed by atoms with van der Waals surface area (Å²) in [6.45, 7) is 3.51. The molecule has 0 unspecified atom stereocenters. The summed E-state index contributed by atoms with van der Waals surface area (Å²) >= 11 is 6.41. The maximum Gasteiger partial charge on any atom is 0.313 e. The summed E-state index contributed by atoms with van der Waals surface area (Å²) in [7, 11) is 0. The first-order valence-corrected chi connectivity index (χ1v) is 6.70. The van der Waals surface area contributed by atoms with Crippen molar-refractivity contribution in [2.75, 3.05) is 12.3 Å². The lowest BCUT2D eigenvalue weighted by Crippen LogP contribution is -2.27. The molecule has 0 radical (unpaired) electrons. The smallest absolute Gasteiger partial charge is 0.313 e. The van der Waals surface area contributed by atoms with Crippen LogP contribution in [0.5, 0.6) is 0 Å². The fourth-order valence-corrected chi connectivity index (χ4v) is 2.32. The molecule has 1 aromatic rings. The molecule has 0 amide bonds. The van der Waals surface area contributed by atoms with Crippen molar-refractivity contribution in [3.05, 3.63) is 35.9 Å². The molecule has 0 aliphatic carbocycles. The van der Waals surface area contributed by atoms with Gasteiger partial charge in [0, 0.05) is 13.1 Å². The van der Waals surface area contributed by atoms with Crippen LogP contribution < -0.4 is 0 Å². The first kappa shape index (κ1) is 14.0. The molecule has 92 valence electrons. The van der Waals surface area contributed by atoms with Gasteiger partial charge in [-0.2, -0.15) is 0 Å². The zero-order chi connectivity index (χ0) is 12.7. The van der Waals surface area contributed by atoms with E-state index in [9.17, 15) is 4.79 Å². The second kappa shape index (κ2) is 7.29. The van der Waals surface area contributed by atoms with Crippen LogP contribution >= 0.6 is 24.0 Å². The summed E-state index contributed by atoms with van der Waals surface area (Å²) in [5, 5.41) is 8.61. The molecular weight excluding hydrogens is 254 g/mol. The Kier molecular flexibility index (Phi) is 6.00. The minimum Gasteiger partial charge on any atom is -0.481 e. The van der Waals surface area contributed by atoms with Crippen LogP contribution in [0.1, 0.15) is 12.5 Å². The lowest BCUT2D eigenvalue weighted by molar-refractivity contribution is -0.133. The van der Waals surface area contributed by atoms with Crippen molar-refractivity contribution < 1.29 is 9.90 Å². The van der Waals surface area contributed by atoms with Crippen LogP contribution in [0.3, 0.4) is 0 Å². The number of carbonyl (C=O) groups is 1. The average molecular weight is 269 g/mol. The molecule has 0 heterocycles. The Balaban J connectivity index is 2.53. The van der Waals surface area contributed by atoms with Gasteiger partial charge >= 0.3 is 5.97 Å². The maximum atomic E-state index is 10.5. The van der Waals surface area contributed by atoms with Crippen LogP contribution in [0.4, 0.5) is 0 Å². The van der Waals surface area contributed by atoms with Gasteiger partial charge in [0.05, 0.1) is 5.75 Å². The van der Waals surface area contributed by atoms with E-state index < -0.39 is 5.97 Å². The third-order valence-corrected chi connectivity index (χ3v) is 3.68. The Morgan fingerprint density at radius 1 is 1.41 bits per heavy atom. The van der Waals surface area contributed by atoms with E-state index in [0.717, 1.165) is 13.1 Å². The van der Waals surface area contributed by atoms with Crippen LogP contribution in [0.2, 0.25) is 0 Å². The van der Waals surface area contributed by atoms with Gasteiger partial charge in [-0.25, -0.2) is 0 Å². The van der Waals surface area contributed by atoms with E-state index >= 15 is 0 Å². The molecule has 0 aliphatic rings. The first-order valence-electron chi connectivity index (χ1n) is 5.31. The highest BCUT2D eigenvalue weighted by molar-refractivity contribution is 8.23. The largest absolute Gasteiger partial charge is 0.481 e. The molecule has 1 N–H and O–H groups in total. The van der Waals surface area contributed by atoms with Gasteiger partial charge in [-0.3, -0.25) is 4.79 Å². The predicted molar refractivity (Wildman–Crippen MR) is 75.2 cm³/mol. The Hall–Kier alpha value is -1.07. The quantitative estimate of drug-likeness (QED) is 0.832. The number of aliphatic carboxylic acids is 1. The van der Waals surface area contributed by atoms with Crippen molar-refractivity contribution in [2.24, 2.45) is 0 Å². The zero-order valence-corrected chi connectivity index (χ0v) is 11.3. The van der Waals surface area contributed by atoms with E-state index in [-0.39, 0.29) is 5.75 Å². The van der Waals surface area contributed by atoms with Crippen molar-refractivity contribution in [2.45, 2.75) is 13.5 Å². The van der Waals surface area contributed by atoms with E-state index in [1.54, 1.807) is 0 Å². The number of carboxylic acids is 1. The predicted octanol–water partition coefficient (Wildman–Crippen LogP) is 2.61. The molecular formula is C12H15NO2S2. The average Bonchev–Trinajstić information content (AvgIpc) is 2.34. The number of thiocarbonyl (C=S) groups is 1. The lowest BCUT2D eigenvalue weighted by Gasteiger charge is -2.22. The van der Waals surface area contributed by atoms with Gasteiger partial charge in [-0.1, -0.05) is 54.3 Å². The Labute approximate surface area is 111 Å². The Morgan fingerprint density at radius 2 is 2.06 bits per heavy atom. The van der Waals surface area contributed by atoms with Crippen LogP contribution in [-0.2, 0) is 11.3 Å². The molecule has 0 saturated carbocycles. The summed E-state index contributed by atoms with van der Waals surface area (Å²) in [4.78, 5) is 12.5. The van der Waals surface area contributed by atoms with Gasteiger partial charge in [0.15, 0.2) is 0 Å². The number of rotatable bonds is 5. The molecule has 0 aliphatic heterocycles. The standard InChI is InChI=1S/C12H15NO2S2/c1-2-13(12(16)17-9-11(14)15)8-10-6-4-3-5-7-10/h3-7H,2,8-9H2,1H3,(H,14,15). The van der Waals surface area contributed by atoms with Crippen LogP contribution in [0, 0.1) is 0 Å². The summed E-state index contributed by atoms with van der Waals surface area (Å²) < 4.78 is 0.638. The SMILES string of the molecule is CCN(Cc1ccccc1)C(=S)SCC(=O)O. The molecule has 0 aromatic heterocycles. The number of benzene rings is 1. The number of thioether (sulfide) groups is 1. The van der Waals surface area contributed by atoms with Crippen molar-refractivity contribution in [1.29, 1.82) is 0 Å². The first-order chi connectivity index (χ1) is 8.13. The van der Waals surface area contributed by atoms with Crippen LogP contribution in [0.25, 0.3) is 0 Å². The van der Waals surface area contributed by atoms with Gasteiger partial charge < -0.3 is 10.0 Å². The van der Waals surface area contributed by atoms with Crippen LogP contribution in [0.15, 0.2) is 30.3 Å². The van der Waals surface area contributed by atoms with Crippen molar-refractivity contribution >= 4 is 34.3 Å². The third kappa shape index (κ3) is 5.19. The van der Waals surface area contributed by atoms with Gasteiger partial charge in [-0.15, -0.1) is 0 Å². The molecule has 17 heavy (non-hydrogen) atoms. The number of carboxylic acid groups (broad SMARTS) is 1. The highest BCUT2D eigenvalue weighted by atomic mass is 32.2. The molecule has 0 fully saturated rings. The number of hydrogen-bond donors (Lipinski definition) is 1. The van der Waals surface area contributed by atoms with E-state index in [0.29, 0.717) is 4.32 Å². The fraction of sp³-hybridized carbons (Fsp3) is 0.333. The zero-order valence-electron chi connectivity index (χ0n) is 9.63. The summed E-state index contributed by atoms with van der Waals surface area (Å²) in [6.07, 6.45) is 0. The van der Waals surface area contributed by atoms with Gasteiger partial charge in [0.25, 0.3) is 0 Å². The van der Waals surface area contributed by atoms with E-state index in [4.69, 9.17) is 17.3 Å². The minimum atomic E-state index is -0.840. The Morgan fingerprint density at radius 3 is 2.59 bits per heavy atom. The monoisotopic (exact) mass is 269 g/mol. The molecule has 5 heteroatoms. The summed E-state index contributed by atoms with van der Waals surface area (Å²) in [6, 6.07) is 10.0. The van der Waals surface area contributed by atoms with Gasteiger partial charge in [0.1, 0.15) is 4.32 Å². The molecule has 0 bridgehead atoms. The normalized spacial score (nSPS) is 9.94. The Bertz CT molecular complexity index is 381. The highest BCUT2D eigenvalue weighted by Gasteiger charge is 2.10. The van der Waals surface area contributed by atoms with E-state index in [2.05, 4.69) is 0 Å². The second-order valence-corrected chi connectivity index (χ2v) is 5.06. The maximum absolute atomic E-state index is 10.5. The molecule has 3 nitrogen and oxygen atoms in total. The van der Waals surface area contributed by atoms with E-state index in [1.165, 1.54) is 17.3 Å². The second-order valence-electron chi connectivity index (χ2n) is 3.45. The van der Waals surface area contributed by atoms with Crippen LogP contribution in [-0.4, -0.2) is 32.6 Å². The summed E-state index contributed by atoms with van der Waals surface area (Å²) in [5.41, 5.74) is 1.17. The van der Waals surface area contributed by atoms with Crippen molar-refractivity contribution in [3.63, 3.8) is 0 Å². The number of hydrogen-bond acceptors (Lipinski definition) is 3. The molecule has 0 saturated heterocycles. The molecule has 1 aromatic carbocycles. The van der Waals surface area contributed by atoms with Crippen molar-refractivity contribution in [1.82, 2.24) is 4.90 Å². The summed E-state index contributed by atoms with van der Waals surface area (Å²) in [5.74, 6) is -0.822. The topological polar surface area (TPSA) is 40.5 Å². The van der Waals surface area contributed by atoms with Crippen molar-refractivity contribution in [3.8, 4) is 0 Å². The fourth-order valence-electron chi connectivity index (χ4n) is 1.32. The van der Waals surface area contributed by atoms with Gasteiger partial charge in [-0.05, 0) is 12.5 Å². The minimum absolute atomic E-state index is 0.0180. The number of nitrogens with zero attached hydrogens (tertiary/aromatic N) is 1. The molecule has 0 spiro atoms. The van der Waals surface area contributed by atoms with E-state index in [1.807, 2.05) is 42.2 Å². The molecule has 0 atom stereocenters. The third-order valence-electron chi connectivity index (χ3n) is 2.18. The molecule has 1 rings (SSSR count).